The number of nitrogens with zero attached hydrogens (tertiary/aromatic N) is 3. The van der Waals surface area contributed by atoms with Gasteiger partial charge in [-0.25, -0.2) is 4.98 Å². The SMILES string of the molecule is [2H]C([2H])([2H])c1cc(C2([2H])CCC(C)(C)CC2)ccc1-c1ccc(-c2cc(-c3cc(Oc4cc(-c5cc(C([2H])([2H])[2H])c(C([2H])([2H])[2H])cn5)cc(-c5ccccc5)c4C([2H])([2H])[2H])cc4c3oc3nc(C)ccc34)ncc2C)c(C)c1. The molecule has 0 aliphatic heterocycles. The second-order valence-electron chi connectivity index (χ2n) is 18.2. The molecule has 65 heavy (non-hydrogen) atoms. The highest BCUT2D eigenvalue weighted by atomic mass is 16.5. The molecule has 10 rings (SSSR count). The summed E-state index contributed by atoms with van der Waals surface area (Å²) in [6, 6.07) is 33.7. The van der Waals surface area contributed by atoms with Crippen LogP contribution in [-0.2, 0) is 0 Å². The number of rotatable bonds is 8. The van der Waals surface area contributed by atoms with E-state index in [0.29, 0.717) is 57.3 Å². The summed E-state index contributed by atoms with van der Waals surface area (Å²) < 4.78 is 124. The van der Waals surface area contributed by atoms with Crippen LogP contribution in [0.2, 0.25) is 0 Å². The minimum atomic E-state index is -2.82. The van der Waals surface area contributed by atoms with Gasteiger partial charge in [-0.3, -0.25) is 9.97 Å². The standard InChI is InChI=1S/C60H57N3O2/c1-35-27-55(61-33-38(35)4)46-28-52(43-13-11-10-12-14-43)41(7)57(29-46)64-47-30-53-50-18-15-40(6)63-59(50)65-58(53)54(31-47)56-32-51(39(5)34-62-56)49-20-17-45(26-37(49)3)48-19-16-44(25-36(48)2)42-21-23-60(8,9)24-22-42/h10-20,25-34,42H,21-24H2,1-9H3/i1D3,2D3,4D3,7D3,42D. The van der Waals surface area contributed by atoms with Crippen molar-refractivity contribution in [1.29, 1.82) is 0 Å². The van der Waals surface area contributed by atoms with Gasteiger partial charge in [-0.15, -0.1) is 0 Å². The summed E-state index contributed by atoms with van der Waals surface area (Å²) in [5.41, 5.74) is 8.58. The fourth-order valence-electron chi connectivity index (χ4n) is 9.13. The van der Waals surface area contributed by atoms with Gasteiger partial charge in [0, 0.05) is 57.8 Å². The van der Waals surface area contributed by atoms with E-state index in [1.807, 2.05) is 69.3 Å². The van der Waals surface area contributed by atoms with Crippen LogP contribution in [0.5, 0.6) is 11.5 Å². The zero-order valence-corrected chi connectivity index (χ0v) is 37.1. The molecule has 0 bridgehead atoms. The maximum atomic E-state index is 9.41. The quantitative estimate of drug-likeness (QED) is 0.152. The zero-order valence-electron chi connectivity index (χ0n) is 50.1. The maximum Gasteiger partial charge on any atom is 0.227 e. The molecule has 5 nitrogen and oxygen atoms in total. The number of hydrogen-bond acceptors (Lipinski definition) is 5. The van der Waals surface area contributed by atoms with E-state index in [4.69, 9.17) is 35.6 Å². The average Bonchev–Trinajstić information content (AvgIpc) is 3.87. The molecule has 4 heterocycles. The van der Waals surface area contributed by atoms with E-state index in [1.165, 1.54) is 12.1 Å². The summed E-state index contributed by atoms with van der Waals surface area (Å²) in [6.07, 6.45) is 5.90. The number of fused-ring (bicyclic) bond motifs is 3. The normalized spacial score (nSPS) is 18.3. The molecule has 5 heteroatoms. The molecule has 1 aliphatic carbocycles. The molecule has 1 fully saturated rings. The van der Waals surface area contributed by atoms with Crippen LogP contribution in [0.3, 0.4) is 0 Å². The van der Waals surface area contributed by atoms with Gasteiger partial charge in [0.25, 0.3) is 0 Å². The summed E-state index contributed by atoms with van der Waals surface area (Å²) in [5.74, 6) is -0.735. The van der Waals surface area contributed by atoms with Gasteiger partial charge in [-0.2, -0.15) is 0 Å². The van der Waals surface area contributed by atoms with Crippen LogP contribution in [0.1, 0.15) is 108 Å². The number of pyridine rings is 3. The maximum absolute atomic E-state index is 9.41. The molecule has 0 N–H and O–H groups in total. The Bertz CT molecular complexity index is 3810. The largest absolute Gasteiger partial charge is 0.457 e. The number of hydrogen-bond donors (Lipinski definition) is 0. The van der Waals surface area contributed by atoms with Crippen molar-refractivity contribution in [2.24, 2.45) is 5.41 Å². The Labute approximate surface area is 401 Å². The van der Waals surface area contributed by atoms with E-state index < -0.39 is 44.4 Å². The lowest BCUT2D eigenvalue weighted by Crippen LogP contribution is -2.20. The summed E-state index contributed by atoms with van der Waals surface area (Å²) in [6.45, 7) is -0.549. The van der Waals surface area contributed by atoms with Crippen LogP contribution in [-0.4, -0.2) is 15.0 Å². The molecule has 324 valence electrons. The van der Waals surface area contributed by atoms with Crippen molar-refractivity contribution in [3.63, 3.8) is 0 Å². The highest BCUT2D eigenvalue weighted by Gasteiger charge is 2.28. The van der Waals surface area contributed by atoms with Gasteiger partial charge in [0.05, 0.1) is 11.4 Å². The van der Waals surface area contributed by atoms with Crippen molar-refractivity contribution in [2.75, 3.05) is 0 Å². The fraction of sp³-hybridized carbons (Fsp3) is 0.250. The first-order chi connectivity index (χ1) is 36.5. The lowest BCUT2D eigenvalue weighted by Gasteiger charge is -2.34. The van der Waals surface area contributed by atoms with Crippen LogP contribution in [0.4, 0.5) is 0 Å². The van der Waals surface area contributed by atoms with Crippen molar-refractivity contribution in [1.82, 2.24) is 15.0 Å². The van der Waals surface area contributed by atoms with Crippen molar-refractivity contribution >= 4 is 22.1 Å². The molecule has 1 aliphatic rings. The van der Waals surface area contributed by atoms with E-state index in [9.17, 15) is 1.37 Å². The Morgan fingerprint density at radius 1 is 0.600 bits per heavy atom. The second kappa shape index (κ2) is 16.6. The molecule has 0 spiro atoms. The summed E-state index contributed by atoms with van der Waals surface area (Å²) in [5, 5.41) is 1.27. The summed E-state index contributed by atoms with van der Waals surface area (Å²) in [4.78, 5) is 14.1. The van der Waals surface area contributed by atoms with E-state index in [2.05, 4.69) is 18.8 Å². The topological polar surface area (TPSA) is 61.0 Å². The van der Waals surface area contributed by atoms with E-state index in [1.54, 1.807) is 60.8 Å². The Morgan fingerprint density at radius 3 is 2.17 bits per heavy atom. The lowest BCUT2D eigenvalue weighted by molar-refractivity contribution is 0.224. The molecule has 0 radical (unpaired) electrons. The Hall–Kier alpha value is -6.85. The minimum absolute atomic E-state index is 0.0858. The van der Waals surface area contributed by atoms with Crippen LogP contribution < -0.4 is 4.74 Å². The predicted octanol–water partition coefficient (Wildman–Crippen LogP) is 16.7. The predicted molar refractivity (Wildman–Crippen MR) is 269 cm³/mol. The number of benzene rings is 5. The Kier molecular flexibility index (Phi) is 7.56. The number of aromatic nitrogens is 3. The Morgan fingerprint density at radius 2 is 1.38 bits per heavy atom. The average molecular weight is 865 g/mol. The van der Waals surface area contributed by atoms with Gasteiger partial charge >= 0.3 is 0 Å². The van der Waals surface area contributed by atoms with Gasteiger partial charge in [-0.05, 0) is 206 Å². The number of furan rings is 1. The Balaban J connectivity index is 1.11. The molecule has 5 aromatic carbocycles. The van der Waals surface area contributed by atoms with Gasteiger partial charge in [0.2, 0.25) is 5.71 Å². The molecule has 1 saturated carbocycles. The van der Waals surface area contributed by atoms with Gasteiger partial charge in [0.15, 0.2) is 0 Å². The smallest absolute Gasteiger partial charge is 0.227 e. The fourth-order valence-corrected chi connectivity index (χ4v) is 9.13. The van der Waals surface area contributed by atoms with E-state index in [-0.39, 0.29) is 44.9 Å². The van der Waals surface area contributed by atoms with Crippen molar-refractivity contribution in [3.05, 3.63) is 172 Å². The zero-order chi connectivity index (χ0) is 56.1. The molecule has 0 unspecified atom stereocenters. The van der Waals surface area contributed by atoms with E-state index in [0.717, 1.165) is 58.1 Å². The van der Waals surface area contributed by atoms with Gasteiger partial charge in [0.1, 0.15) is 17.1 Å². The molecule has 9 aromatic rings. The van der Waals surface area contributed by atoms with Gasteiger partial charge in [-0.1, -0.05) is 80.6 Å². The molecule has 0 amide bonds. The van der Waals surface area contributed by atoms with Crippen molar-refractivity contribution < 1.29 is 27.0 Å². The molecular weight excluding hydrogens is 795 g/mol. The first kappa shape index (κ1) is 29.6. The number of aryl methyl sites for hydroxylation is 6. The van der Waals surface area contributed by atoms with Crippen LogP contribution in [0.15, 0.2) is 132 Å². The van der Waals surface area contributed by atoms with E-state index >= 15 is 0 Å². The second-order valence-corrected chi connectivity index (χ2v) is 18.2. The first-order valence-electron chi connectivity index (χ1n) is 28.5. The molecular formula is C60H57N3O2. The first-order valence-corrected chi connectivity index (χ1v) is 22.0. The third-order valence-electron chi connectivity index (χ3n) is 13.0. The number of ether oxygens (including phenoxy) is 1. The molecule has 0 saturated heterocycles. The van der Waals surface area contributed by atoms with Crippen molar-refractivity contribution in [3.8, 4) is 67.4 Å². The van der Waals surface area contributed by atoms with Crippen LogP contribution in [0, 0.1) is 53.6 Å². The summed E-state index contributed by atoms with van der Waals surface area (Å²) >= 11 is 0. The summed E-state index contributed by atoms with van der Waals surface area (Å²) in [7, 11) is 0. The highest BCUT2D eigenvalue weighted by molar-refractivity contribution is 6.09. The molecule has 0 atom stereocenters. The third kappa shape index (κ3) is 8.14. The third-order valence-corrected chi connectivity index (χ3v) is 13.0. The lowest BCUT2D eigenvalue weighted by atomic mass is 9.71. The van der Waals surface area contributed by atoms with Gasteiger partial charge < -0.3 is 9.15 Å². The monoisotopic (exact) mass is 865 g/mol. The molecule has 4 aromatic heterocycles. The van der Waals surface area contributed by atoms with Crippen LogP contribution >= 0.6 is 0 Å². The van der Waals surface area contributed by atoms with Crippen LogP contribution in [0.25, 0.3) is 78.0 Å². The minimum Gasteiger partial charge on any atom is -0.457 e. The highest BCUT2D eigenvalue weighted by Crippen LogP contribution is 2.45. The van der Waals surface area contributed by atoms with Crippen molar-refractivity contribution in [2.45, 2.75) is 93.6 Å².